The molecule has 1 heterocycles. The Balaban J connectivity index is 1.57. The van der Waals surface area contributed by atoms with Gasteiger partial charge < -0.3 is 19.3 Å². The molecular weight excluding hydrogens is 887 g/mol. The molecule has 0 amide bonds. The van der Waals surface area contributed by atoms with E-state index in [1.54, 1.807) is 0 Å². The standard InChI is InChI=1S/C34H17F16O9P/c35-14-1-15(36)24(44)10(23(14)43)6-54-32-31(58-34(52)33(32)55-7-11-25(45)16(37)2-17(38)26(11)46)22(5-51)59-60(53,56-8-12-27(47)18(39)3-19(40)28(12)48)57-9-13-29(49)20(41)4-21(42)30(13)50/h1-4,22,31,51H,5-9H2/t22-,31+/m0/s1. The molecule has 1 N–H and O–H groups in total. The number of phosphoric acid groups is 1. The molecule has 0 aromatic heterocycles. The lowest BCUT2D eigenvalue weighted by Gasteiger charge is -2.27. The molecule has 2 atom stereocenters. The van der Waals surface area contributed by atoms with Crippen LogP contribution in [0.4, 0.5) is 70.2 Å². The van der Waals surface area contributed by atoms with Crippen LogP contribution in [0.2, 0.25) is 0 Å². The normalized spacial score (nSPS) is 14.9. The number of hydrogen-bond acceptors (Lipinski definition) is 9. The molecule has 5 rings (SSSR count). The van der Waals surface area contributed by atoms with Gasteiger partial charge in [-0.05, 0) is 0 Å². The van der Waals surface area contributed by atoms with E-state index in [0.29, 0.717) is 0 Å². The van der Waals surface area contributed by atoms with Gasteiger partial charge in [0.15, 0.2) is 105 Å². The Bertz CT molecular complexity index is 2280. The highest BCUT2D eigenvalue weighted by atomic mass is 31.2. The maximum Gasteiger partial charge on any atom is 0.475 e. The van der Waals surface area contributed by atoms with Gasteiger partial charge in [0.2, 0.25) is 5.76 Å². The molecule has 0 aliphatic carbocycles. The van der Waals surface area contributed by atoms with Gasteiger partial charge in [-0.2, -0.15) is 0 Å². The van der Waals surface area contributed by atoms with E-state index in [4.69, 9.17) is 18.7 Å². The fourth-order valence-corrected chi connectivity index (χ4v) is 6.28. The van der Waals surface area contributed by atoms with E-state index >= 15 is 0 Å². The van der Waals surface area contributed by atoms with Crippen LogP contribution in [-0.4, -0.2) is 29.9 Å². The average molecular weight is 904 g/mol. The molecule has 0 radical (unpaired) electrons. The minimum Gasteiger partial charge on any atom is -0.485 e. The highest BCUT2D eigenvalue weighted by Gasteiger charge is 2.47. The van der Waals surface area contributed by atoms with Crippen LogP contribution in [-0.2, 0) is 63.6 Å². The topological polar surface area (TPSA) is 110 Å². The molecule has 324 valence electrons. The molecule has 1 aliphatic heterocycles. The number of aliphatic hydroxyl groups excluding tert-OH is 1. The third kappa shape index (κ3) is 9.18. The van der Waals surface area contributed by atoms with Crippen molar-refractivity contribution in [3.05, 3.63) is 151 Å². The van der Waals surface area contributed by atoms with Gasteiger partial charge >= 0.3 is 13.8 Å². The van der Waals surface area contributed by atoms with Gasteiger partial charge in [0.1, 0.15) is 19.3 Å². The molecule has 0 unspecified atom stereocenters. The van der Waals surface area contributed by atoms with Gasteiger partial charge in [-0.1, -0.05) is 0 Å². The second kappa shape index (κ2) is 18.1. The molecule has 26 heteroatoms. The average Bonchev–Trinajstić information content (AvgIpc) is 3.50. The lowest BCUT2D eigenvalue weighted by atomic mass is 10.1. The van der Waals surface area contributed by atoms with Crippen molar-refractivity contribution in [3.8, 4) is 0 Å². The summed E-state index contributed by atoms with van der Waals surface area (Å²) in [5.41, 5.74) is -6.66. The van der Waals surface area contributed by atoms with E-state index in [1.165, 1.54) is 0 Å². The fourth-order valence-electron chi connectivity index (χ4n) is 5.00. The van der Waals surface area contributed by atoms with E-state index in [9.17, 15) is 84.7 Å². The summed E-state index contributed by atoms with van der Waals surface area (Å²) in [5, 5.41) is 10.2. The van der Waals surface area contributed by atoms with Crippen molar-refractivity contribution in [2.24, 2.45) is 0 Å². The van der Waals surface area contributed by atoms with Crippen molar-refractivity contribution in [2.75, 3.05) is 6.61 Å². The van der Waals surface area contributed by atoms with Crippen LogP contribution in [0.1, 0.15) is 22.3 Å². The van der Waals surface area contributed by atoms with Crippen molar-refractivity contribution in [1.82, 2.24) is 0 Å². The van der Waals surface area contributed by atoms with Crippen LogP contribution in [0.15, 0.2) is 35.8 Å². The Hall–Kier alpha value is -5.36. The number of halogens is 16. The summed E-state index contributed by atoms with van der Waals surface area (Å²) >= 11 is 0. The predicted octanol–water partition coefficient (Wildman–Crippen LogP) is 8.70. The zero-order valence-corrected chi connectivity index (χ0v) is 29.6. The summed E-state index contributed by atoms with van der Waals surface area (Å²) in [5.74, 6) is -38.6. The van der Waals surface area contributed by atoms with Gasteiger partial charge in [-0.15, -0.1) is 0 Å². The summed E-state index contributed by atoms with van der Waals surface area (Å²) < 4.78 is 270. The Morgan fingerprint density at radius 1 is 0.517 bits per heavy atom. The first kappa shape index (κ1) is 45.7. The van der Waals surface area contributed by atoms with Crippen molar-refractivity contribution in [1.29, 1.82) is 0 Å². The molecule has 0 bridgehead atoms. The molecule has 9 nitrogen and oxygen atoms in total. The number of carbonyl (C=O) groups is 1. The smallest absolute Gasteiger partial charge is 0.475 e. The summed E-state index contributed by atoms with van der Waals surface area (Å²) in [6, 6.07) is -1.08. The number of carbonyl (C=O) groups excluding carboxylic acids is 1. The molecule has 0 fully saturated rings. The number of hydrogen-bond donors (Lipinski definition) is 1. The summed E-state index contributed by atoms with van der Waals surface area (Å²) in [6.45, 7) is -9.03. The number of benzene rings is 4. The second-order valence-corrected chi connectivity index (χ2v) is 13.3. The summed E-state index contributed by atoms with van der Waals surface area (Å²) in [7, 11) is -6.10. The third-order valence-corrected chi connectivity index (χ3v) is 9.38. The van der Waals surface area contributed by atoms with Gasteiger partial charge in [-0.25, -0.2) is 79.6 Å². The first-order valence-corrected chi connectivity index (χ1v) is 17.2. The van der Waals surface area contributed by atoms with Crippen molar-refractivity contribution >= 4 is 13.8 Å². The predicted molar refractivity (Wildman–Crippen MR) is 161 cm³/mol. The molecule has 0 saturated carbocycles. The third-order valence-electron chi connectivity index (χ3n) is 7.96. The zero-order chi connectivity index (χ0) is 44.5. The zero-order valence-electron chi connectivity index (χ0n) is 28.7. The van der Waals surface area contributed by atoms with Crippen LogP contribution in [0, 0.1) is 93.1 Å². The number of ether oxygens (including phenoxy) is 3. The Morgan fingerprint density at radius 2 is 0.817 bits per heavy atom. The molecular formula is C34H17F16O9P. The molecule has 60 heavy (non-hydrogen) atoms. The highest BCUT2D eigenvalue weighted by molar-refractivity contribution is 7.48. The maximum atomic E-state index is 14.5. The number of rotatable bonds is 16. The van der Waals surface area contributed by atoms with Gasteiger partial charge in [0, 0.05) is 24.3 Å². The van der Waals surface area contributed by atoms with E-state index in [1.807, 2.05) is 0 Å². The number of esters is 1. The minimum atomic E-state index is -6.10. The first-order valence-electron chi connectivity index (χ1n) is 15.8. The number of phosphoric ester groups is 1. The second-order valence-electron chi connectivity index (χ2n) is 11.7. The van der Waals surface area contributed by atoms with Crippen molar-refractivity contribution in [3.63, 3.8) is 0 Å². The molecule has 4 aromatic rings. The van der Waals surface area contributed by atoms with Crippen LogP contribution in [0.5, 0.6) is 0 Å². The quantitative estimate of drug-likeness (QED) is 0.0512. The molecule has 1 aliphatic rings. The van der Waals surface area contributed by atoms with E-state index < -0.39 is 186 Å². The van der Waals surface area contributed by atoms with E-state index in [2.05, 4.69) is 9.05 Å². The Labute approximate surface area is 322 Å². The van der Waals surface area contributed by atoms with Crippen molar-refractivity contribution in [2.45, 2.75) is 38.6 Å². The van der Waals surface area contributed by atoms with Gasteiger partial charge in [0.25, 0.3) is 0 Å². The van der Waals surface area contributed by atoms with Crippen LogP contribution in [0.3, 0.4) is 0 Å². The van der Waals surface area contributed by atoms with Crippen molar-refractivity contribution < 1.29 is 112 Å². The number of aliphatic hydroxyl groups is 1. The number of cyclic esters (lactones) is 1. The largest absolute Gasteiger partial charge is 0.485 e. The molecule has 0 saturated heterocycles. The fraction of sp³-hybridized carbons (Fsp3) is 0.206. The monoisotopic (exact) mass is 904 g/mol. The lowest BCUT2D eigenvalue weighted by Crippen LogP contribution is -2.35. The van der Waals surface area contributed by atoms with Gasteiger partial charge in [-0.3, -0.25) is 13.6 Å². The van der Waals surface area contributed by atoms with E-state index in [0.717, 1.165) is 0 Å². The lowest BCUT2D eigenvalue weighted by molar-refractivity contribution is -0.148. The van der Waals surface area contributed by atoms with E-state index in [-0.39, 0.29) is 24.3 Å². The van der Waals surface area contributed by atoms with Crippen LogP contribution < -0.4 is 0 Å². The summed E-state index contributed by atoms with van der Waals surface area (Å²) in [4.78, 5) is 13.0. The molecule has 0 spiro atoms. The minimum absolute atomic E-state index is 0.240. The Morgan fingerprint density at radius 3 is 1.13 bits per heavy atom. The van der Waals surface area contributed by atoms with Gasteiger partial charge in [0.05, 0.1) is 42.1 Å². The SMILES string of the molecule is O=C1O[C@H]([C@H](CO)OP(=O)(OCc2c(F)c(F)cc(F)c2F)OCc2c(F)c(F)cc(F)c2F)C(OCc2c(F)c(F)cc(F)c2F)=C1OCc1c(F)c(F)cc(F)c1F. The maximum absolute atomic E-state index is 14.5. The summed E-state index contributed by atoms with van der Waals surface area (Å²) in [6.07, 6.45) is -5.35. The highest BCUT2D eigenvalue weighted by Crippen LogP contribution is 2.54. The van der Waals surface area contributed by atoms with Crippen LogP contribution in [0.25, 0.3) is 0 Å². The molecule has 4 aromatic carbocycles. The first-order chi connectivity index (χ1) is 28.1. The van der Waals surface area contributed by atoms with Crippen LogP contribution >= 0.6 is 7.82 Å². The Kier molecular flexibility index (Phi) is 13.8.